The summed E-state index contributed by atoms with van der Waals surface area (Å²) >= 11 is 0. The first-order chi connectivity index (χ1) is 13.9. The Morgan fingerprint density at radius 2 is 1.41 bits per heavy atom. The molecule has 1 aliphatic heterocycles. The molecule has 29 heavy (non-hydrogen) atoms. The SMILES string of the molecule is Cc1ccc([C@H]2N(Cc3ccccc3)C(=O)[C@@]2(c2ccccc2)S(C)(=O)=O)cc1. The van der Waals surface area contributed by atoms with E-state index in [4.69, 9.17) is 0 Å². The van der Waals surface area contributed by atoms with Gasteiger partial charge >= 0.3 is 0 Å². The highest BCUT2D eigenvalue weighted by Gasteiger charge is 2.68. The standard InChI is InChI=1S/C24H23NO3S/c1-18-13-15-20(16-14-18)22-24(29(2,27)28,21-11-7-4-8-12-21)23(26)25(22)17-19-9-5-3-6-10-19/h3-16,22H,17H2,1-2H3/t22-,24+/m1/s1. The first-order valence-corrected chi connectivity index (χ1v) is 11.4. The van der Waals surface area contributed by atoms with Gasteiger partial charge in [0.05, 0.1) is 6.04 Å². The highest BCUT2D eigenvalue weighted by Crippen LogP contribution is 2.55. The number of carbonyl (C=O) groups excluding carboxylic acids is 1. The predicted molar refractivity (Wildman–Crippen MR) is 114 cm³/mol. The fourth-order valence-corrected chi connectivity index (χ4v) is 5.92. The molecule has 0 unspecified atom stereocenters. The van der Waals surface area contributed by atoms with Crippen molar-refractivity contribution in [3.8, 4) is 0 Å². The van der Waals surface area contributed by atoms with Crippen LogP contribution in [0.2, 0.25) is 0 Å². The van der Waals surface area contributed by atoms with Crippen molar-refractivity contribution in [2.24, 2.45) is 0 Å². The van der Waals surface area contributed by atoms with Crippen molar-refractivity contribution in [1.29, 1.82) is 0 Å². The van der Waals surface area contributed by atoms with Crippen molar-refractivity contribution in [2.75, 3.05) is 6.26 Å². The van der Waals surface area contributed by atoms with Gasteiger partial charge in [0.15, 0.2) is 14.6 Å². The van der Waals surface area contributed by atoms with Crippen molar-refractivity contribution in [1.82, 2.24) is 4.90 Å². The lowest BCUT2D eigenvalue weighted by Gasteiger charge is -2.55. The van der Waals surface area contributed by atoms with E-state index < -0.39 is 20.6 Å². The summed E-state index contributed by atoms with van der Waals surface area (Å²) in [5.74, 6) is -0.374. The van der Waals surface area contributed by atoms with Crippen LogP contribution < -0.4 is 0 Å². The number of likely N-dealkylation sites (tertiary alicyclic amines) is 1. The molecule has 3 aromatic carbocycles. The molecule has 1 fully saturated rings. The molecule has 0 radical (unpaired) electrons. The van der Waals surface area contributed by atoms with Crippen LogP contribution in [0, 0.1) is 6.92 Å². The van der Waals surface area contributed by atoms with E-state index in [-0.39, 0.29) is 5.91 Å². The molecule has 4 nitrogen and oxygen atoms in total. The van der Waals surface area contributed by atoms with Crippen molar-refractivity contribution in [3.05, 3.63) is 107 Å². The first-order valence-electron chi connectivity index (χ1n) is 9.52. The Morgan fingerprint density at radius 1 is 0.862 bits per heavy atom. The molecule has 0 aliphatic carbocycles. The third-order valence-electron chi connectivity index (χ3n) is 5.65. The van der Waals surface area contributed by atoms with Crippen molar-refractivity contribution in [3.63, 3.8) is 0 Å². The molecule has 1 heterocycles. The van der Waals surface area contributed by atoms with Crippen LogP contribution >= 0.6 is 0 Å². The monoisotopic (exact) mass is 405 g/mol. The molecule has 2 atom stereocenters. The van der Waals surface area contributed by atoms with Gasteiger partial charge in [-0.05, 0) is 23.6 Å². The van der Waals surface area contributed by atoms with E-state index in [9.17, 15) is 13.2 Å². The highest BCUT2D eigenvalue weighted by atomic mass is 32.2. The van der Waals surface area contributed by atoms with E-state index in [2.05, 4.69) is 0 Å². The van der Waals surface area contributed by atoms with Crippen LogP contribution in [0.5, 0.6) is 0 Å². The van der Waals surface area contributed by atoms with Gasteiger partial charge in [-0.2, -0.15) is 0 Å². The normalized spacial score (nSPS) is 21.7. The van der Waals surface area contributed by atoms with Gasteiger partial charge in [0.1, 0.15) is 0 Å². The molecule has 0 aromatic heterocycles. The van der Waals surface area contributed by atoms with Crippen molar-refractivity contribution >= 4 is 15.7 Å². The second kappa shape index (κ2) is 7.16. The van der Waals surface area contributed by atoms with Crippen LogP contribution in [0.25, 0.3) is 0 Å². The lowest BCUT2D eigenvalue weighted by molar-refractivity contribution is -0.155. The average Bonchev–Trinajstić information content (AvgIpc) is 2.71. The third kappa shape index (κ3) is 3.06. The number of β-lactam (4-membered cyclic amide) rings is 1. The molecule has 148 valence electrons. The maximum absolute atomic E-state index is 13.5. The molecule has 0 N–H and O–H groups in total. The number of amides is 1. The number of nitrogens with zero attached hydrogens (tertiary/aromatic N) is 1. The molecule has 0 spiro atoms. The number of aryl methyl sites for hydroxylation is 1. The van der Waals surface area contributed by atoms with Crippen molar-refractivity contribution in [2.45, 2.75) is 24.3 Å². The molecular weight excluding hydrogens is 382 g/mol. The van der Waals surface area contributed by atoms with E-state index in [0.29, 0.717) is 12.1 Å². The van der Waals surface area contributed by atoms with Crippen LogP contribution in [0.15, 0.2) is 84.9 Å². The van der Waals surface area contributed by atoms with E-state index in [1.54, 1.807) is 29.2 Å². The van der Waals surface area contributed by atoms with Crippen LogP contribution in [0.1, 0.15) is 28.3 Å². The lowest BCUT2D eigenvalue weighted by Crippen LogP contribution is -2.68. The number of hydrogen-bond acceptors (Lipinski definition) is 3. The van der Waals surface area contributed by atoms with Gasteiger partial charge in [0.2, 0.25) is 0 Å². The molecule has 0 saturated carbocycles. The van der Waals surface area contributed by atoms with Crippen LogP contribution in [-0.4, -0.2) is 25.5 Å². The molecule has 4 rings (SSSR count). The minimum Gasteiger partial charge on any atom is -0.327 e. The second-order valence-corrected chi connectivity index (χ2v) is 9.79. The molecule has 3 aromatic rings. The number of sulfone groups is 1. The van der Waals surface area contributed by atoms with Gasteiger partial charge in [-0.15, -0.1) is 0 Å². The summed E-state index contributed by atoms with van der Waals surface area (Å²) in [5.41, 5.74) is 3.38. The third-order valence-corrected chi connectivity index (χ3v) is 7.45. The Labute approximate surface area is 171 Å². The Hall–Kier alpha value is -2.92. The number of hydrogen-bond donors (Lipinski definition) is 0. The molecule has 1 saturated heterocycles. The van der Waals surface area contributed by atoms with Gasteiger partial charge < -0.3 is 4.90 Å². The quantitative estimate of drug-likeness (QED) is 0.603. The number of rotatable bonds is 5. The zero-order valence-corrected chi connectivity index (χ0v) is 17.3. The molecule has 1 aliphatic rings. The second-order valence-electron chi connectivity index (χ2n) is 7.61. The predicted octanol–water partition coefficient (Wildman–Crippen LogP) is 4.02. The summed E-state index contributed by atoms with van der Waals surface area (Å²) < 4.78 is 24.7. The summed E-state index contributed by atoms with van der Waals surface area (Å²) in [7, 11) is -3.75. The van der Waals surface area contributed by atoms with Gasteiger partial charge in [-0.1, -0.05) is 90.5 Å². The fraction of sp³-hybridized carbons (Fsp3) is 0.208. The zero-order chi connectivity index (χ0) is 20.6. The fourth-order valence-electron chi connectivity index (χ4n) is 4.25. The molecule has 0 bridgehead atoms. The Morgan fingerprint density at radius 3 is 1.97 bits per heavy atom. The molecular formula is C24H23NO3S. The first kappa shape index (κ1) is 19.4. The van der Waals surface area contributed by atoms with E-state index in [0.717, 1.165) is 16.7 Å². The Kier molecular flexibility index (Phi) is 4.79. The van der Waals surface area contributed by atoms with Gasteiger partial charge in [-0.25, -0.2) is 8.42 Å². The number of carbonyl (C=O) groups is 1. The summed E-state index contributed by atoms with van der Waals surface area (Å²) in [6.45, 7) is 2.35. The maximum atomic E-state index is 13.5. The zero-order valence-electron chi connectivity index (χ0n) is 16.4. The minimum atomic E-state index is -3.75. The summed E-state index contributed by atoms with van der Waals surface area (Å²) in [5, 5.41) is 0. The van der Waals surface area contributed by atoms with Gasteiger partial charge in [0, 0.05) is 12.8 Å². The van der Waals surface area contributed by atoms with E-state index in [1.165, 1.54) is 6.26 Å². The smallest absolute Gasteiger partial charge is 0.252 e. The van der Waals surface area contributed by atoms with E-state index >= 15 is 0 Å². The summed E-state index contributed by atoms with van der Waals surface area (Å²) in [6.07, 6.45) is 1.17. The summed E-state index contributed by atoms with van der Waals surface area (Å²) in [6, 6.07) is 25.7. The van der Waals surface area contributed by atoms with Crippen LogP contribution in [0.4, 0.5) is 0 Å². The Bertz CT molecular complexity index is 1130. The largest absolute Gasteiger partial charge is 0.327 e. The van der Waals surface area contributed by atoms with E-state index in [1.807, 2.05) is 67.6 Å². The number of benzene rings is 3. The van der Waals surface area contributed by atoms with Crippen LogP contribution in [-0.2, 0) is 25.9 Å². The molecule has 5 heteroatoms. The highest BCUT2D eigenvalue weighted by molar-refractivity contribution is 7.92. The van der Waals surface area contributed by atoms with Crippen LogP contribution in [0.3, 0.4) is 0 Å². The summed E-state index contributed by atoms with van der Waals surface area (Å²) in [4.78, 5) is 15.2. The van der Waals surface area contributed by atoms with Crippen molar-refractivity contribution < 1.29 is 13.2 Å². The molecule has 1 amide bonds. The van der Waals surface area contributed by atoms with Gasteiger partial charge in [0.25, 0.3) is 5.91 Å². The average molecular weight is 406 g/mol. The maximum Gasteiger partial charge on any atom is 0.252 e. The lowest BCUT2D eigenvalue weighted by atomic mass is 9.76. The Balaban J connectivity index is 1.89. The topological polar surface area (TPSA) is 54.5 Å². The van der Waals surface area contributed by atoms with Gasteiger partial charge in [-0.3, -0.25) is 4.79 Å². The minimum absolute atomic E-state index is 0.363.